The molecule has 0 aliphatic rings. The zero-order valence-electron chi connectivity index (χ0n) is 8.90. The van der Waals surface area contributed by atoms with Crippen LogP contribution in [-0.4, -0.2) is 9.48 Å². The van der Waals surface area contributed by atoms with Gasteiger partial charge in [-0.3, -0.25) is 0 Å². The second kappa shape index (κ2) is 4.95. The van der Waals surface area contributed by atoms with Crippen molar-refractivity contribution in [3.8, 4) is 10.4 Å². The molecule has 0 bridgehead atoms. The molecule has 0 aliphatic carbocycles. The van der Waals surface area contributed by atoms with Gasteiger partial charge in [-0.15, -0.1) is 0 Å². The van der Waals surface area contributed by atoms with Crippen LogP contribution in [0.2, 0.25) is 5.15 Å². The summed E-state index contributed by atoms with van der Waals surface area (Å²) in [4.78, 5) is 0.954. The highest BCUT2D eigenvalue weighted by atomic mass is 35.5. The highest BCUT2D eigenvalue weighted by Gasteiger charge is 2.12. The van der Waals surface area contributed by atoms with E-state index in [2.05, 4.69) is 23.4 Å². The van der Waals surface area contributed by atoms with Crippen molar-refractivity contribution in [3.63, 3.8) is 0 Å². The molecule has 16 heavy (non-hydrogen) atoms. The van der Waals surface area contributed by atoms with Crippen molar-refractivity contribution in [1.82, 2.24) is 4.37 Å². The van der Waals surface area contributed by atoms with Gasteiger partial charge < -0.3 is 5.11 Å². The molecule has 0 unspecified atom stereocenters. The summed E-state index contributed by atoms with van der Waals surface area (Å²) in [5, 5.41) is 9.64. The standard InChI is InChI=1S/C12H12ClNOS/c1-2-8-3-5-9(6-4-8)11-10(7-15)12(13)14-16-11/h3-6,15H,2,7H2,1H3. The molecule has 0 spiro atoms. The second-order valence-corrected chi connectivity index (χ2v) is 4.62. The van der Waals surface area contributed by atoms with Crippen LogP contribution >= 0.6 is 23.1 Å². The molecule has 0 atom stereocenters. The topological polar surface area (TPSA) is 33.1 Å². The Bertz CT molecular complexity index is 478. The van der Waals surface area contributed by atoms with Crippen molar-refractivity contribution < 1.29 is 5.11 Å². The molecule has 0 amide bonds. The van der Waals surface area contributed by atoms with Crippen LogP contribution < -0.4 is 0 Å². The van der Waals surface area contributed by atoms with Crippen molar-refractivity contribution in [3.05, 3.63) is 40.5 Å². The molecule has 1 N–H and O–H groups in total. The lowest BCUT2D eigenvalue weighted by Crippen LogP contribution is -1.85. The van der Waals surface area contributed by atoms with Gasteiger partial charge in [-0.25, -0.2) is 0 Å². The Balaban J connectivity index is 2.42. The summed E-state index contributed by atoms with van der Waals surface area (Å²) in [6, 6.07) is 8.26. The molecule has 2 nitrogen and oxygen atoms in total. The van der Waals surface area contributed by atoms with Crippen molar-refractivity contribution in [1.29, 1.82) is 0 Å². The molecule has 84 valence electrons. The number of aliphatic hydroxyl groups excluding tert-OH is 1. The predicted molar refractivity (Wildman–Crippen MR) is 67.9 cm³/mol. The lowest BCUT2D eigenvalue weighted by Gasteiger charge is -2.02. The first kappa shape index (κ1) is 11.6. The van der Waals surface area contributed by atoms with Crippen LogP contribution in [0, 0.1) is 0 Å². The fourth-order valence-corrected chi connectivity index (χ4v) is 2.65. The quantitative estimate of drug-likeness (QED) is 0.908. The Morgan fingerprint density at radius 2 is 2.00 bits per heavy atom. The van der Waals surface area contributed by atoms with Crippen LogP contribution in [0.25, 0.3) is 10.4 Å². The van der Waals surface area contributed by atoms with Gasteiger partial charge in [0.1, 0.15) is 5.15 Å². The lowest BCUT2D eigenvalue weighted by atomic mass is 10.1. The zero-order valence-corrected chi connectivity index (χ0v) is 10.5. The van der Waals surface area contributed by atoms with Crippen LogP contribution in [0.3, 0.4) is 0 Å². The monoisotopic (exact) mass is 253 g/mol. The first-order valence-electron chi connectivity index (χ1n) is 5.10. The summed E-state index contributed by atoms with van der Waals surface area (Å²) in [6.45, 7) is 2.05. The molecule has 1 heterocycles. The van der Waals surface area contributed by atoms with E-state index in [9.17, 15) is 5.11 Å². The lowest BCUT2D eigenvalue weighted by molar-refractivity contribution is 0.282. The number of nitrogens with zero attached hydrogens (tertiary/aromatic N) is 1. The largest absolute Gasteiger partial charge is 0.392 e. The molecule has 2 rings (SSSR count). The summed E-state index contributed by atoms with van der Waals surface area (Å²) in [5.74, 6) is 0. The van der Waals surface area contributed by atoms with E-state index in [1.54, 1.807) is 0 Å². The van der Waals surface area contributed by atoms with Gasteiger partial charge >= 0.3 is 0 Å². The minimum atomic E-state index is -0.0693. The van der Waals surface area contributed by atoms with Gasteiger partial charge in [0.2, 0.25) is 0 Å². The number of rotatable bonds is 3. The van der Waals surface area contributed by atoms with Gasteiger partial charge in [0.25, 0.3) is 0 Å². The number of benzene rings is 1. The fraction of sp³-hybridized carbons (Fsp3) is 0.250. The van der Waals surface area contributed by atoms with E-state index in [0.717, 1.165) is 22.4 Å². The second-order valence-electron chi connectivity index (χ2n) is 3.49. The van der Waals surface area contributed by atoms with Crippen molar-refractivity contribution >= 4 is 23.1 Å². The zero-order chi connectivity index (χ0) is 11.5. The third-order valence-electron chi connectivity index (χ3n) is 2.52. The van der Waals surface area contributed by atoms with E-state index in [-0.39, 0.29) is 6.61 Å². The average molecular weight is 254 g/mol. The Kier molecular flexibility index (Phi) is 3.59. The highest BCUT2D eigenvalue weighted by Crippen LogP contribution is 2.33. The Morgan fingerprint density at radius 3 is 2.56 bits per heavy atom. The van der Waals surface area contributed by atoms with Gasteiger partial charge in [0, 0.05) is 5.56 Å². The van der Waals surface area contributed by atoms with E-state index in [0.29, 0.717) is 5.15 Å². The summed E-state index contributed by atoms with van der Waals surface area (Å²) in [7, 11) is 0. The molecule has 1 aromatic heterocycles. The van der Waals surface area contributed by atoms with E-state index >= 15 is 0 Å². The third-order valence-corrected chi connectivity index (χ3v) is 3.87. The first-order valence-corrected chi connectivity index (χ1v) is 6.25. The number of hydrogen-bond acceptors (Lipinski definition) is 3. The number of aryl methyl sites for hydroxylation is 1. The molecule has 1 aromatic carbocycles. The minimum absolute atomic E-state index is 0.0693. The SMILES string of the molecule is CCc1ccc(-c2snc(Cl)c2CO)cc1. The maximum absolute atomic E-state index is 9.23. The smallest absolute Gasteiger partial charge is 0.148 e. The molecule has 4 heteroatoms. The maximum Gasteiger partial charge on any atom is 0.148 e. The van der Waals surface area contributed by atoms with Gasteiger partial charge in [0.05, 0.1) is 11.5 Å². The Hall–Kier alpha value is -0.900. The van der Waals surface area contributed by atoms with E-state index in [1.807, 2.05) is 12.1 Å². The highest BCUT2D eigenvalue weighted by molar-refractivity contribution is 7.10. The number of aromatic nitrogens is 1. The van der Waals surface area contributed by atoms with Gasteiger partial charge in [-0.1, -0.05) is 42.8 Å². The molecule has 0 radical (unpaired) electrons. The summed E-state index contributed by atoms with van der Waals surface area (Å²) < 4.78 is 4.05. The van der Waals surface area contributed by atoms with Gasteiger partial charge in [-0.05, 0) is 29.1 Å². The number of halogens is 1. The molecular formula is C12H12ClNOS. The van der Waals surface area contributed by atoms with E-state index < -0.39 is 0 Å². The summed E-state index contributed by atoms with van der Waals surface area (Å²) in [6.07, 6.45) is 1.02. The van der Waals surface area contributed by atoms with Crippen LogP contribution in [-0.2, 0) is 13.0 Å². The van der Waals surface area contributed by atoms with Crippen molar-refractivity contribution in [2.45, 2.75) is 20.0 Å². The van der Waals surface area contributed by atoms with Gasteiger partial charge in [-0.2, -0.15) is 4.37 Å². The summed E-state index contributed by atoms with van der Waals surface area (Å²) in [5.41, 5.74) is 3.08. The maximum atomic E-state index is 9.23. The average Bonchev–Trinajstić information content (AvgIpc) is 2.70. The normalized spacial score (nSPS) is 10.7. The Morgan fingerprint density at radius 1 is 1.31 bits per heavy atom. The molecule has 0 saturated heterocycles. The Labute approximate surface area is 104 Å². The molecule has 0 aliphatic heterocycles. The molecule has 2 aromatic rings. The van der Waals surface area contributed by atoms with Crippen molar-refractivity contribution in [2.75, 3.05) is 0 Å². The predicted octanol–water partition coefficient (Wildman–Crippen LogP) is 3.52. The molecule has 0 saturated carbocycles. The molecular weight excluding hydrogens is 242 g/mol. The van der Waals surface area contributed by atoms with Gasteiger partial charge in [0.15, 0.2) is 0 Å². The van der Waals surface area contributed by atoms with Crippen LogP contribution in [0.1, 0.15) is 18.1 Å². The van der Waals surface area contributed by atoms with Crippen molar-refractivity contribution in [2.24, 2.45) is 0 Å². The van der Waals surface area contributed by atoms with E-state index in [4.69, 9.17) is 11.6 Å². The molecule has 0 fully saturated rings. The summed E-state index contributed by atoms with van der Waals surface area (Å²) >= 11 is 7.22. The fourth-order valence-electron chi connectivity index (χ4n) is 1.55. The van der Waals surface area contributed by atoms with Crippen LogP contribution in [0.4, 0.5) is 0 Å². The van der Waals surface area contributed by atoms with E-state index in [1.165, 1.54) is 17.1 Å². The van der Waals surface area contributed by atoms with Crippen LogP contribution in [0.5, 0.6) is 0 Å². The number of aliphatic hydroxyl groups is 1. The minimum Gasteiger partial charge on any atom is -0.392 e. The first-order chi connectivity index (χ1) is 7.76. The third kappa shape index (κ3) is 2.12. The van der Waals surface area contributed by atoms with Crippen LogP contribution in [0.15, 0.2) is 24.3 Å². The number of hydrogen-bond donors (Lipinski definition) is 1.